The number of nitrogens with zero attached hydrogens (tertiary/aromatic N) is 7. The molecule has 3 rings (SSSR count). The molecular weight excluding hydrogens is 468 g/mol. The zero-order chi connectivity index (χ0) is 15.7. The van der Waals surface area contributed by atoms with Crippen molar-refractivity contribution in [2.45, 2.75) is 19.9 Å². The van der Waals surface area contributed by atoms with Gasteiger partial charge in [0.05, 0.1) is 6.04 Å². The van der Waals surface area contributed by atoms with E-state index >= 15 is 0 Å². The first-order chi connectivity index (χ1) is 10.6. The number of nitrogen functional groups attached to an aromatic ring is 2. The van der Waals surface area contributed by atoms with E-state index in [-0.39, 0.29) is 32.4 Å². The van der Waals surface area contributed by atoms with E-state index in [1.54, 1.807) is 18.6 Å². The van der Waals surface area contributed by atoms with Crippen molar-refractivity contribution in [3.05, 3.63) is 24.3 Å². The van der Waals surface area contributed by atoms with E-state index in [2.05, 4.69) is 30.1 Å². The summed E-state index contributed by atoms with van der Waals surface area (Å²) in [6.45, 7) is 4.67. The van der Waals surface area contributed by atoms with Crippen LogP contribution in [0.3, 0.4) is 0 Å². The summed E-state index contributed by atoms with van der Waals surface area (Å²) in [5, 5.41) is 8.57. The van der Waals surface area contributed by atoms with Crippen molar-refractivity contribution in [1.82, 2.24) is 30.1 Å². The first-order valence-corrected chi connectivity index (χ1v) is 6.86. The Hall–Kier alpha value is -2.31. The van der Waals surface area contributed by atoms with Crippen LogP contribution in [0.25, 0.3) is 11.0 Å². The van der Waals surface area contributed by atoms with Crippen LogP contribution in [0.2, 0.25) is 0 Å². The third-order valence-electron chi connectivity index (χ3n) is 3.49. The number of fused-ring (bicyclic) bond motifs is 1. The fourth-order valence-corrected chi connectivity index (χ4v) is 2.45. The minimum absolute atomic E-state index is 0. The van der Waals surface area contributed by atoms with Gasteiger partial charge in [-0.2, -0.15) is 0 Å². The SMILES string of the molecule is CCN(c1nc(N)nc2[n-]ncc12)C(C)c1nccnc1N.[Re]. The molecule has 9 nitrogen and oxygen atoms in total. The van der Waals surface area contributed by atoms with Crippen LogP contribution in [0.1, 0.15) is 25.6 Å². The molecule has 0 saturated carbocycles. The molecule has 0 aromatic carbocycles. The molecule has 1 radical (unpaired) electrons. The summed E-state index contributed by atoms with van der Waals surface area (Å²) in [6, 6.07) is -0.133. The van der Waals surface area contributed by atoms with Gasteiger partial charge in [0.25, 0.3) is 0 Å². The molecule has 1 unspecified atom stereocenters. The normalized spacial score (nSPS) is 11.9. The van der Waals surface area contributed by atoms with E-state index in [0.29, 0.717) is 29.5 Å². The van der Waals surface area contributed by atoms with Crippen molar-refractivity contribution in [2.75, 3.05) is 22.9 Å². The number of anilines is 3. The smallest absolute Gasteiger partial charge is 0.147 e. The molecule has 3 aromatic rings. The molecule has 0 aliphatic heterocycles. The second-order valence-corrected chi connectivity index (χ2v) is 4.78. The maximum atomic E-state index is 5.93. The fraction of sp³-hybridized carbons (Fsp3) is 0.308. The Morgan fingerprint density at radius 2 is 1.96 bits per heavy atom. The Bertz CT molecular complexity index is 803. The number of nitrogens with two attached hydrogens (primary N) is 2. The number of aromatic nitrogens is 6. The van der Waals surface area contributed by atoms with Crippen LogP contribution in [-0.2, 0) is 20.4 Å². The molecule has 23 heavy (non-hydrogen) atoms. The maximum absolute atomic E-state index is 5.93. The Morgan fingerprint density at radius 3 is 2.65 bits per heavy atom. The molecule has 3 aromatic heterocycles. The fourth-order valence-electron chi connectivity index (χ4n) is 2.45. The van der Waals surface area contributed by atoms with Gasteiger partial charge in [-0.25, -0.2) is 9.97 Å². The first-order valence-electron chi connectivity index (χ1n) is 6.86. The van der Waals surface area contributed by atoms with Gasteiger partial charge in [0, 0.05) is 50.9 Å². The standard InChI is InChI=1S/C13H16N9.Re/c1-3-22(7(2)9-10(14)17-5-4-16-9)12-8-6-18-21-11(8)19-13(15)20-12;/h4-7H,3H2,1-2H3,(H4-,14,15,17,18,19,20,21);/q-1;. The third kappa shape index (κ3) is 3.09. The summed E-state index contributed by atoms with van der Waals surface area (Å²) in [5.74, 6) is 1.21. The van der Waals surface area contributed by atoms with Gasteiger partial charge in [-0.3, -0.25) is 10.1 Å². The minimum Gasteiger partial charge on any atom is -0.403 e. The summed E-state index contributed by atoms with van der Waals surface area (Å²) in [5.41, 5.74) is 12.9. The van der Waals surface area contributed by atoms with E-state index < -0.39 is 0 Å². The molecule has 4 N–H and O–H groups in total. The largest absolute Gasteiger partial charge is 0.403 e. The Balaban J connectivity index is 0.00000192. The van der Waals surface area contributed by atoms with Crippen LogP contribution < -0.4 is 21.5 Å². The van der Waals surface area contributed by atoms with Crippen molar-refractivity contribution in [3.8, 4) is 0 Å². The van der Waals surface area contributed by atoms with Crippen LogP contribution in [-0.4, -0.2) is 31.6 Å². The average molecular weight is 485 g/mol. The predicted molar refractivity (Wildman–Crippen MR) is 82.9 cm³/mol. The van der Waals surface area contributed by atoms with Gasteiger partial charge in [0.1, 0.15) is 23.3 Å². The number of rotatable bonds is 4. The summed E-state index contributed by atoms with van der Waals surface area (Å²) >= 11 is 0. The predicted octanol–water partition coefficient (Wildman–Crippen LogP) is 0.521. The molecule has 10 heteroatoms. The first kappa shape index (κ1) is 17.1. The van der Waals surface area contributed by atoms with Crippen molar-refractivity contribution >= 4 is 28.6 Å². The van der Waals surface area contributed by atoms with E-state index in [1.807, 2.05) is 18.7 Å². The van der Waals surface area contributed by atoms with Gasteiger partial charge in [-0.15, -0.1) is 0 Å². The molecule has 121 valence electrons. The van der Waals surface area contributed by atoms with Crippen LogP contribution in [0.5, 0.6) is 0 Å². The average Bonchev–Trinajstić information content (AvgIpc) is 2.96. The van der Waals surface area contributed by atoms with Gasteiger partial charge in [-0.1, -0.05) is 0 Å². The zero-order valence-electron chi connectivity index (χ0n) is 12.7. The Kier molecular flexibility index (Phi) is 5.08. The van der Waals surface area contributed by atoms with Gasteiger partial charge in [0.2, 0.25) is 0 Å². The summed E-state index contributed by atoms with van der Waals surface area (Å²) in [7, 11) is 0. The molecule has 0 saturated heterocycles. The molecule has 0 amide bonds. The summed E-state index contributed by atoms with van der Waals surface area (Å²) in [6.07, 6.45) is 4.80. The van der Waals surface area contributed by atoms with Gasteiger partial charge in [0.15, 0.2) is 0 Å². The molecule has 3 heterocycles. The molecule has 0 aliphatic carbocycles. The summed E-state index contributed by atoms with van der Waals surface area (Å²) < 4.78 is 0. The zero-order valence-corrected chi connectivity index (χ0v) is 15.4. The Morgan fingerprint density at radius 1 is 1.22 bits per heavy atom. The van der Waals surface area contributed by atoms with Crippen LogP contribution >= 0.6 is 0 Å². The van der Waals surface area contributed by atoms with Crippen molar-refractivity contribution < 1.29 is 20.4 Å². The molecule has 0 aliphatic rings. The molecule has 0 fully saturated rings. The minimum atomic E-state index is -0.133. The van der Waals surface area contributed by atoms with Crippen LogP contribution in [0.15, 0.2) is 18.6 Å². The van der Waals surface area contributed by atoms with E-state index in [1.165, 1.54) is 0 Å². The monoisotopic (exact) mass is 485 g/mol. The second kappa shape index (κ2) is 6.85. The van der Waals surface area contributed by atoms with Crippen LogP contribution in [0.4, 0.5) is 17.6 Å². The second-order valence-electron chi connectivity index (χ2n) is 4.78. The number of hydrogen-bond donors (Lipinski definition) is 2. The Labute approximate surface area is 146 Å². The molecule has 0 spiro atoms. The van der Waals surface area contributed by atoms with E-state index in [4.69, 9.17) is 11.5 Å². The summed E-state index contributed by atoms with van der Waals surface area (Å²) in [4.78, 5) is 18.9. The topological polar surface area (TPSA) is 134 Å². The van der Waals surface area contributed by atoms with Crippen molar-refractivity contribution in [2.24, 2.45) is 0 Å². The quantitative estimate of drug-likeness (QED) is 0.544. The van der Waals surface area contributed by atoms with Crippen LogP contribution in [0, 0.1) is 0 Å². The van der Waals surface area contributed by atoms with E-state index in [0.717, 1.165) is 5.39 Å². The van der Waals surface area contributed by atoms with Gasteiger partial charge < -0.3 is 26.4 Å². The molecular formula is C13H16N9Re-. The van der Waals surface area contributed by atoms with E-state index in [9.17, 15) is 0 Å². The van der Waals surface area contributed by atoms with Gasteiger partial charge in [-0.05, 0) is 19.5 Å². The maximum Gasteiger partial charge on any atom is 0.147 e. The van der Waals surface area contributed by atoms with Crippen molar-refractivity contribution in [1.29, 1.82) is 0 Å². The third-order valence-corrected chi connectivity index (χ3v) is 3.49. The van der Waals surface area contributed by atoms with Gasteiger partial charge >= 0.3 is 0 Å². The van der Waals surface area contributed by atoms with Crippen molar-refractivity contribution in [3.63, 3.8) is 0 Å². The molecule has 1 atom stereocenters. The number of hydrogen-bond acceptors (Lipinski definition) is 8. The molecule has 0 bridgehead atoms.